The lowest BCUT2D eigenvalue weighted by atomic mass is 10.1. The maximum atomic E-state index is 11.0. The maximum Gasteiger partial charge on any atom is 0.354 e. The number of benzene rings is 1. The van der Waals surface area contributed by atoms with Crippen LogP contribution < -0.4 is 4.74 Å². The predicted octanol–water partition coefficient (Wildman–Crippen LogP) is 1.34. The van der Waals surface area contributed by atoms with Crippen LogP contribution in [0.1, 0.15) is 32.1 Å². The van der Waals surface area contributed by atoms with E-state index in [-0.39, 0.29) is 5.56 Å². The minimum Gasteiger partial charge on any atom is -0.482 e. The van der Waals surface area contributed by atoms with Crippen LogP contribution in [0.15, 0.2) is 36.4 Å². The van der Waals surface area contributed by atoms with Crippen LogP contribution in [-0.2, 0) is 4.79 Å². The Morgan fingerprint density at radius 2 is 1.40 bits per heavy atom. The van der Waals surface area contributed by atoms with E-state index in [1.807, 2.05) is 0 Å². The molecule has 0 aliphatic carbocycles. The number of aromatic nitrogens is 1. The molecule has 0 spiro atoms. The van der Waals surface area contributed by atoms with Gasteiger partial charge in [0, 0.05) is 11.1 Å². The molecule has 1 heterocycles. The van der Waals surface area contributed by atoms with Gasteiger partial charge >= 0.3 is 17.9 Å². The van der Waals surface area contributed by atoms with Crippen LogP contribution >= 0.6 is 0 Å². The maximum absolute atomic E-state index is 11.0. The Labute approximate surface area is 141 Å². The molecular weight excluding hydrogens is 330 g/mol. The Bertz CT molecular complexity index is 859. The smallest absolute Gasteiger partial charge is 0.354 e. The van der Waals surface area contributed by atoms with E-state index in [9.17, 15) is 14.4 Å². The summed E-state index contributed by atoms with van der Waals surface area (Å²) in [6, 6.07) is 8.58. The van der Waals surface area contributed by atoms with Gasteiger partial charge in [-0.25, -0.2) is 19.4 Å². The number of aromatic carboxylic acids is 2. The number of carboxylic acids is 3. The number of pyridine rings is 1. The molecule has 0 amide bonds. The SMILES string of the molecule is O=C(O)COc1ccc(C#Cc2cc(C(=O)O)nc(C(=O)O)c2)cc1. The van der Waals surface area contributed by atoms with Crippen LogP contribution in [0.5, 0.6) is 5.75 Å². The van der Waals surface area contributed by atoms with Crippen molar-refractivity contribution >= 4 is 17.9 Å². The average Bonchev–Trinajstić information content (AvgIpc) is 2.58. The van der Waals surface area contributed by atoms with Crippen molar-refractivity contribution in [2.24, 2.45) is 0 Å². The summed E-state index contributed by atoms with van der Waals surface area (Å²) in [5.41, 5.74) is -0.0903. The van der Waals surface area contributed by atoms with E-state index in [1.165, 1.54) is 24.3 Å². The summed E-state index contributed by atoms with van der Waals surface area (Å²) in [5.74, 6) is 1.98. The Balaban J connectivity index is 2.24. The Kier molecular flexibility index (Phi) is 5.32. The van der Waals surface area contributed by atoms with Gasteiger partial charge in [0.05, 0.1) is 0 Å². The van der Waals surface area contributed by atoms with Gasteiger partial charge in [-0.2, -0.15) is 0 Å². The average molecular weight is 341 g/mol. The zero-order valence-corrected chi connectivity index (χ0v) is 12.6. The second-order valence-corrected chi connectivity index (χ2v) is 4.69. The first-order valence-corrected chi connectivity index (χ1v) is 6.80. The summed E-state index contributed by atoms with van der Waals surface area (Å²) in [6.45, 7) is -0.460. The molecular formula is C17H11NO7. The molecule has 0 fully saturated rings. The number of hydrogen-bond acceptors (Lipinski definition) is 5. The van der Waals surface area contributed by atoms with Crippen molar-refractivity contribution < 1.29 is 34.4 Å². The molecule has 0 unspecified atom stereocenters. The first-order valence-electron chi connectivity index (χ1n) is 6.80. The minimum atomic E-state index is -1.36. The highest BCUT2D eigenvalue weighted by molar-refractivity contribution is 5.90. The number of hydrogen-bond donors (Lipinski definition) is 3. The monoisotopic (exact) mass is 341 g/mol. The van der Waals surface area contributed by atoms with E-state index < -0.39 is 35.9 Å². The lowest BCUT2D eigenvalue weighted by Crippen LogP contribution is -2.09. The highest BCUT2D eigenvalue weighted by Gasteiger charge is 2.12. The minimum absolute atomic E-state index is 0.191. The third kappa shape index (κ3) is 5.07. The van der Waals surface area contributed by atoms with E-state index in [0.717, 1.165) is 0 Å². The fourth-order valence-electron chi connectivity index (χ4n) is 1.75. The zero-order valence-electron chi connectivity index (χ0n) is 12.6. The fourth-order valence-corrected chi connectivity index (χ4v) is 1.75. The van der Waals surface area contributed by atoms with Crippen LogP contribution in [0.25, 0.3) is 0 Å². The molecule has 0 atom stereocenters. The molecule has 2 rings (SSSR count). The van der Waals surface area contributed by atoms with Crippen LogP contribution in [0.4, 0.5) is 0 Å². The van der Waals surface area contributed by atoms with E-state index in [1.54, 1.807) is 12.1 Å². The number of carbonyl (C=O) groups is 3. The standard InChI is InChI=1S/C17H11NO7/c19-15(20)9-25-12-5-3-10(4-6-12)1-2-11-7-13(16(21)22)18-14(8-11)17(23)24/h3-8H,9H2,(H,19,20)(H,21,22)(H,23,24). The molecule has 1 aromatic heterocycles. The number of aliphatic carboxylic acids is 1. The molecule has 0 bridgehead atoms. The normalized spacial score (nSPS) is 9.60. The fraction of sp³-hybridized carbons (Fsp3) is 0.0588. The molecule has 8 nitrogen and oxygen atoms in total. The van der Waals surface area contributed by atoms with Crippen molar-refractivity contribution in [1.82, 2.24) is 4.98 Å². The predicted molar refractivity (Wildman–Crippen MR) is 83.7 cm³/mol. The third-order valence-corrected chi connectivity index (χ3v) is 2.83. The molecule has 0 radical (unpaired) electrons. The lowest BCUT2D eigenvalue weighted by Gasteiger charge is -2.02. The summed E-state index contributed by atoms with van der Waals surface area (Å²) in [4.78, 5) is 35.9. The second kappa shape index (κ2) is 7.61. The molecule has 25 heavy (non-hydrogen) atoms. The van der Waals surface area contributed by atoms with Crippen molar-refractivity contribution in [2.75, 3.05) is 6.61 Å². The molecule has 8 heteroatoms. The van der Waals surface area contributed by atoms with Crippen molar-refractivity contribution in [3.8, 4) is 17.6 Å². The second-order valence-electron chi connectivity index (χ2n) is 4.69. The van der Waals surface area contributed by atoms with Crippen molar-refractivity contribution in [2.45, 2.75) is 0 Å². The van der Waals surface area contributed by atoms with Gasteiger partial charge in [0.1, 0.15) is 17.1 Å². The quantitative estimate of drug-likeness (QED) is 0.694. The van der Waals surface area contributed by atoms with Gasteiger partial charge in [-0.3, -0.25) is 0 Å². The first kappa shape index (κ1) is 17.5. The van der Waals surface area contributed by atoms with E-state index in [2.05, 4.69) is 16.8 Å². The molecule has 0 aliphatic heterocycles. The van der Waals surface area contributed by atoms with E-state index >= 15 is 0 Å². The van der Waals surface area contributed by atoms with Gasteiger partial charge in [-0.05, 0) is 36.4 Å². The summed E-state index contributed by atoms with van der Waals surface area (Å²) >= 11 is 0. The topological polar surface area (TPSA) is 134 Å². The van der Waals surface area contributed by atoms with Crippen molar-refractivity contribution in [1.29, 1.82) is 0 Å². The van der Waals surface area contributed by atoms with Gasteiger partial charge in [0.25, 0.3) is 0 Å². The van der Waals surface area contributed by atoms with Gasteiger partial charge in [-0.15, -0.1) is 0 Å². The highest BCUT2D eigenvalue weighted by atomic mass is 16.5. The van der Waals surface area contributed by atoms with Crippen LogP contribution in [0, 0.1) is 11.8 Å². The summed E-state index contributed by atoms with van der Waals surface area (Å²) < 4.78 is 4.98. The number of rotatable bonds is 5. The Morgan fingerprint density at radius 3 is 1.88 bits per heavy atom. The van der Waals surface area contributed by atoms with Gasteiger partial charge < -0.3 is 20.1 Å². The molecule has 126 valence electrons. The van der Waals surface area contributed by atoms with Crippen LogP contribution in [-0.4, -0.2) is 44.8 Å². The summed E-state index contributed by atoms with van der Waals surface area (Å²) in [5, 5.41) is 26.4. The first-order chi connectivity index (χ1) is 11.8. The molecule has 0 saturated heterocycles. The summed E-state index contributed by atoms with van der Waals surface area (Å²) in [7, 11) is 0. The zero-order chi connectivity index (χ0) is 18.4. The summed E-state index contributed by atoms with van der Waals surface area (Å²) in [6.07, 6.45) is 0. The van der Waals surface area contributed by atoms with Gasteiger partial charge in [-0.1, -0.05) is 11.8 Å². The van der Waals surface area contributed by atoms with Gasteiger partial charge in [0.15, 0.2) is 6.61 Å². The lowest BCUT2D eigenvalue weighted by molar-refractivity contribution is -0.139. The van der Waals surface area contributed by atoms with Crippen molar-refractivity contribution in [3.05, 3.63) is 58.9 Å². The molecule has 3 N–H and O–H groups in total. The van der Waals surface area contributed by atoms with Gasteiger partial charge in [0.2, 0.25) is 0 Å². The molecule has 0 aliphatic rings. The largest absolute Gasteiger partial charge is 0.482 e. The Hall–Kier alpha value is -3.86. The molecule has 1 aromatic carbocycles. The third-order valence-electron chi connectivity index (χ3n) is 2.83. The molecule has 2 aromatic rings. The highest BCUT2D eigenvalue weighted by Crippen LogP contribution is 2.12. The van der Waals surface area contributed by atoms with E-state index in [4.69, 9.17) is 20.1 Å². The van der Waals surface area contributed by atoms with Crippen LogP contribution in [0.2, 0.25) is 0 Å². The van der Waals surface area contributed by atoms with E-state index in [0.29, 0.717) is 11.3 Å². The number of ether oxygens (including phenoxy) is 1. The Morgan fingerprint density at radius 1 is 0.880 bits per heavy atom. The number of nitrogens with zero attached hydrogens (tertiary/aromatic N) is 1. The van der Waals surface area contributed by atoms with Crippen molar-refractivity contribution in [3.63, 3.8) is 0 Å². The molecule has 0 saturated carbocycles. The van der Waals surface area contributed by atoms with Crippen LogP contribution in [0.3, 0.4) is 0 Å². The number of carboxylic acid groups (broad SMARTS) is 3.